The second-order valence-corrected chi connectivity index (χ2v) is 9.23. The molecule has 174 valence electrons. The van der Waals surface area contributed by atoms with Crippen molar-refractivity contribution >= 4 is 43.5 Å². The number of nitrogens with zero attached hydrogens (tertiary/aromatic N) is 2. The summed E-state index contributed by atoms with van der Waals surface area (Å²) in [7, 11) is -3.67. The van der Waals surface area contributed by atoms with Gasteiger partial charge in [0.1, 0.15) is 10.9 Å². The Morgan fingerprint density at radius 3 is 2.39 bits per heavy atom. The Balaban J connectivity index is 0.000000555. The number of fused-ring (bicyclic) bond motifs is 2. The van der Waals surface area contributed by atoms with E-state index in [1.54, 1.807) is 42.7 Å². The molecule has 3 N–H and O–H groups in total. The molecule has 4 rings (SSSR count). The lowest BCUT2D eigenvalue weighted by atomic mass is 10.0. The maximum Gasteiger partial charge on any atom is 0.287 e. The van der Waals surface area contributed by atoms with Crippen LogP contribution in [0, 0.1) is 0 Å². The summed E-state index contributed by atoms with van der Waals surface area (Å²) >= 11 is 5.98. The summed E-state index contributed by atoms with van der Waals surface area (Å²) in [5.41, 5.74) is -0.377. The molecule has 0 aliphatic carbocycles. The van der Waals surface area contributed by atoms with Crippen molar-refractivity contribution in [3.63, 3.8) is 0 Å². The van der Waals surface area contributed by atoms with Gasteiger partial charge in [-0.05, 0) is 42.3 Å². The van der Waals surface area contributed by atoms with Gasteiger partial charge < -0.3 is 4.98 Å². The number of aromatic amines is 2. The topological polar surface area (TPSA) is 155 Å². The number of rotatable bonds is 4. The van der Waals surface area contributed by atoms with Crippen LogP contribution in [-0.4, -0.2) is 39.0 Å². The van der Waals surface area contributed by atoms with Gasteiger partial charge in [-0.25, -0.2) is 4.68 Å². The van der Waals surface area contributed by atoms with Crippen molar-refractivity contribution in [2.24, 2.45) is 0 Å². The quantitative estimate of drug-likeness (QED) is 0.292. The molecule has 0 radical (unpaired) electrons. The minimum absolute atomic E-state index is 0.0500. The van der Waals surface area contributed by atoms with Gasteiger partial charge in [0.2, 0.25) is 5.43 Å². The second-order valence-electron chi connectivity index (χ2n) is 7.33. The molecule has 0 saturated heterocycles. The molecule has 12 heteroatoms. The Labute approximate surface area is 192 Å². The lowest BCUT2D eigenvalue weighted by molar-refractivity contribution is 0.460. The zero-order valence-corrected chi connectivity index (χ0v) is 19.3. The SMILES string of the molecule is CCCC(c1ccncc1)n1[nH]c(=O)c2[nH]c3cc(Cl)ccc3c(=O)c2c1=O.CS(=O)(=O)O. The predicted octanol–water partition coefficient (Wildman–Crippen LogP) is 2.47. The van der Waals surface area contributed by atoms with Gasteiger partial charge >= 0.3 is 0 Å². The average Bonchev–Trinajstić information content (AvgIpc) is 2.74. The van der Waals surface area contributed by atoms with Gasteiger partial charge in [0.25, 0.3) is 21.2 Å². The Bertz CT molecular complexity index is 1590. The van der Waals surface area contributed by atoms with E-state index in [1.807, 2.05) is 6.92 Å². The molecular weight excluding hydrogens is 472 g/mol. The Kier molecular flexibility index (Phi) is 7.15. The summed E-state index contributed by atoms with van der Waals surface area (Å²) in [5.74, 6) is 0. The smallest absolute Gasteiger partial charge is 0.287 e. The van der Waals surface area contributed by atoms with Crippen LogP contribution in [0.4, 0.5) is 0 Å². The van der Waals surface area contributed by atoms with E-state index in [-0.39, 0.29) is 10.9 Å². The Morgan fingerprint density at radius 2 is 1.79 bits per heavy atom. The minimum atomic E-state index is -3.67. The van der Waals surface area contributed by atoms with Crippen LogP contribution in [0.5, 0.6) is 0 Å². The number of nitrogens with one attached hydrogen (secondary N) is 2. The summed E-state index contributed by atoms with van der Waals surface area (Å²) in [6.45, 7) is 1.99. The summed E-state index contributed by atoms with van der Waals surface area (Å²) in [4.78, 5) is 45.9. The zero-order valence-electron chi connectivity index (χ0n) is 17.7. The van der Waals surface area contributed by atoms with Crippen LogP contribution < -0.4 is 16.5 Å². The Morgan fingerprint density at radius 1 is 1.15 bits per heavy atom. The van der Waals surface area contributed by atoms with Crippen molar-refractivity contribution in [1.82, 2.24) is 19.7 Å². The maximum atomic E-state index is 13.2. The molecule has 0 spiro atoms. The van der Waals surface area contributed by atoms with Gasteiger partial charge in [-0.1, -0.05) is 24.9 Å². The number of hydrogen-bond acceptors (Lipinski definition) is 6. The first-order valence-corrected chi connectivity index (χ1v) is 12.1. The predicted molar refractivity (Wildman–Crippen MR) is 127 cm³/mol. The highest BCUT2D eigenvalue weighted by atomic mass is 35.5. The fourth-order valence-corrected chi connectivity index (χ4v) is 3.67. The van der Waals surface area contributed by atoms with Crippen LogP contribution in [0.2, 0.25) is 5.02 Å². The fourth-order valence-electron chi connectivity index (χ4n) is 3.50. The van der Waals surface area contributed by atoms with Crippen LogP contribution in [0.15, 0.2) is 57.1 Å². The van der Waals surface area contributed by atoms with Crippen LogP contribution in [0.3, 0.4) is 0 Å². The first kappa shape index (κ1) is 24.4. The molecule has 0 fully saturated rings. The highest BCUT2D eigenvalue weighted by Gasteiger charge is 2.20. The van der Waals surface area contributed by atoms with E-state index < -0.39 is 32.7 Å². The van der Waals surface area contributed by atoms with Gasteiger partial charge in [0, 0.05) is 22.8 Å². The van der Waals surface area contributed by atoms with E-state index in [4.69, 9.17) is 16.2 Å². The van der Waals surface area contributed by atoms with Crippen molar-refractivity contribution in [3.05, 3.63) is 84.2 Å². The highest BCUT2D eigenvalue weighted by Crippen LogP contribution is 2.21. The van der Waals surface area contributed by atoms with Crippen molar-refractivity contribution in [2.75, 3.05) is 6.26 Å². The molecule has 1 aromatic carbocycles. The minimum Gasteiger partial charge on any atom is -0.350 e. The standard InChI is InChI=1S/C20H17ClN4O3.CH4O3S/c1-2-3-15(11-6-8-22-9-7-11)25-20(28)16-17(19(27)24-25)23-14-10-12(21)4-5-13(14)18(16)26;1-5(2,3)4/h4-10,15H,2-3H2,1H3,(H,23,26)(H,24,27);1H3,(H,2,3,4). The largest absolute Gasteiger partial charge is 0.350 e. The first-order chi connectivity index (χ1) is 15.5. The van der Waals surface area contributed by atoms with Crippen molar-refractivity contribution < 1.29 is 13.0 Å². The van der Waals surface area contributed by atoms with Gasteiger partial charge in [-0.3, -0.25) is 29.0 Å². The van der Waals surface area contributed by atoms with Gasteiger partial charge in [0.05, 0.1) is 17.8 Å². The van der Waals surface area contributed by atoms with Crippen LogP contribution >= 0.6 is 11.6 Å². The second kappa shape index (κ2) is 9.69. The molecule has 0 bridgehead atoms. The number of pyridine rings is 2. The zero-order chi connectivity index (χ0) is 24.3. The molecular formula is C21H21ClN4O6S. The highest BCUT2D eigenvalue weighted by molar-refractivity contribution is 7.85. The number of benzene rings is 1. The number of H-pyrrole nitrogens is 2. The van der Waals surface area contributed by atoms with Crippen LogP contribution in [0.25, 0.3) is 21.8 Å². The number of hydrogen-bond donors (Lipinski definition) is 3. The van der Waals surface area contributed by atoms with E-state index in [0.29, 0.717) is 28.6 Å². The Hall–Kier alpha value is -3.28. The molecule has 0 aliphatic heterocycles. The first-order valence-electron chi connectivity index (χ1n) is 9.83. The molecule has 10 nitrogen and oxygen atoms in total. The lowest BCUT2D eigenvalue weighted by Gasteiger charge is -2.19. The van der Waals surface area contributed by atoms with Crippen molar-refractivity contribution in [2.45, 2.75) is 25.8 Å². The molecule has 4 aromatic rings. The summed E-state index contributed by atoms with van der Waals surface area (Å²) in [6, 6.07) is 7.86. The molecule has 3 heterocycles. The molecule has 0 aliphatic rings. The average molecular weight is 493 g/mol. The van der Waals surface area contributed by atoms with E-state index >= 15 is 0 Å². The van der Waals surface area contributed by atoms with E-state index in [0.717, 1.165) is 12.0 Å². The van der Waals surface area contributed by atoms with E-state index in [9.17, 15) is 22.8 Å². The third kappa shape index (κ3) is 5.56. The van der Waals surface area contributed by atoms with Crippen molar-refractivity contribution in [3.8, 4) is 0 Å². The van der Waals surface area contributed by atoms with Crippen LogP contribution in [-0.2, 0) is 10.1 Å². The van der Waals surface area contributed by atoms with Gasteiger partial charge in [0.15, 0.2) is 0 Å². The molecule has 0 amide bonds. The van der Waals surface area contributed by atoms with E-state index in [2.05, 4.69) is 15.1 Å². The molecule has 0 saturated carbocycles. The number of halogens is 1. The third-order valence-electron chi connectivity index (χ3n) is 4.81. The van der Waals surface area contributed by atoms with Crippen LogP contribution in [0.1, 0.15) is 31.4 Å². The normalized spacial score (nSPS) is 12.4. The maximum absolute atomic E-state index is 13.2. The summed E-state index contributed by atoms with van der Waals surface area (Å²) in [5, 5.41) is 3.21. The molecule has 3 aromatic heterocycles. The van der Waals surface area contributed by atoms with Crippen molar-refractivity contribution in [1.29, 1.82) is 0 Å². The summed E-state index contributed by atoms with van der Waals surface area (Å²) in [6.07, 6.45) is 5.38. The van der Waals surface area contributed by atoms with E-state index in [1.165, 1.54) is 4.68 Å². The fraction of sp³-hybridized carbons (Fsp3) is 0.238. The summed E-state index contributed by atoms with van der Waals surface area (Å²) < 4.78 is 27.1. The third-order valence-corrected chi connectivity index (χ3v) is 5.04. The lowest BCUT2D eigenvalue weighted by Crippen LogP contribution is -2.36. The molecule has 1 unspecified atom stereocenters. The number of aromatic nitrogens is 4. The molecule has 1 atom stereocenters. The van der Waals surface area contributed by atoms with Gasteiger partial charge in [-0.15, -0.1) is 0 Å². The van der Waals surface area contributed by atoms with Gasteiger partial charge in [-0.2, -0.15) is 8.42 Å². The molecule has 33 heavy (non-hydrogen) atoms. The monoisotopic (exact) mass is 492 g/mol.